The SMILES string of the molecule is O=C(O)N=C1C(=O)c2ccccc2C(=O)C1c1ccccc1. The van der Waals surface area contributed by atoms with E-state index in [9.17, 15) is 14.4 Å². The van der Waals surface area contributed by atoms with Gasteiger partial charge in [0.1, 0.15) is 5.71 Å². The first-order chi connectivity index (χ1) is 10.6. The monoisotopic (exact) mass is 293 g/mol. The number of ketones is 2. The fraction of sp³-hybridized carbons (Fsp3) is 0.0588. The highest BCUT2D eigenvalue weighted by atomic mass is 16.4. The molecule has 0 spiro atoms. The van der Waals surface area contributed by atoms with Crippen LogP contribution in [0.4, 0.5) is 4.79 Å². The molecule has 0 aromatic heterocycles. The number of fused-ring (bicyclic) bond motifs is 1. The minimum absolute atomic E-state index is 0.194. The van der Waals surface area contributed by atoms with Crippen LogP contribution >= 0.6 is 0 Å². The summed E-state index contributed by atoms with van der Waals surface area (Å²) in [6.07, 6.45) is -1.49. The van der Waals surface area contributed by atoms with Gasteiger partial charge in [0.15, 0.2) is 5.78 Å². The summed E-state index contributed by atoms with van der Waals surface area (Å²) in [6, 6.07) is 15.0. The number of nitrogens with zero attached hydrogens (tertiary/aromatic N) is 1. The van der Waals surface area contributed by atoms with Gasteiger partial charge in [-0.1, -0.05) is 54.6 Å². The van der Waals surface area contributed by atoms with E-state index in [1.807, 2.05) is 0 Å². The maximum Gasteiger partial charge on any atom is 0.431 e. The van der Waals surface area contributed by atoms with Crippen molar-refractivity contribution in [2.45, 2.75) is 5.92 Å². The highest BCUT2D eigenvalue weighted by Crippen LogP contribution is 2.31. The van der Waals surface area contributed by atoms with E-state index in [0.29, 0.717) is 11.1 Å². The van der Waals surface area contributed by atoms with Gasteiger partial charge in [0, 0.05) is 11.1 Å². The van der Waals surface area contributed by atoms with E-state index < -0.39 is 17.8 Å². The molecule has 1 N–H and O–H groups in total. The van der Waals surface area contributed by atoms with Crippen LogP contribution in [0.5, 0.6) is 0 Å². The highest BCUT2D eigenvalue weighted by molar-refractivity contribution is 6.56. The van der Waals surface area contributed by atoms with Crippen LogP contribution in [0.1, 0.15) is 32.2 Å². The molecule has 2 aromatic rings. The largest absolute Gasteiger partial charge is 0.463 e. The Balaban J connectivity index is 2.25. The quantitative estimate of drug-likeness (QED) is 0.876. The van der Waals surface area contributed by atoms with Crippen molar-refractivity contribution in [3.63, 3.8) is 0 Å². The van der Waals surface area contributed by atoms with Gasteiger partial charge in [-0.25, -0.2) is 4.79 Å². The lowest BCUT2D eigenvalue weighted by molar-refractivity contribution is 0.0947. The van der Waals surface area contributed by atoms with E-state index in [0.717, 1.165) is 0 Å². The van der Waals surface area contributed by atoms with Crippen molar-refractivity contribution in [2.75, 3.05) is 0 Å². The van der Waals surface area contributed by atoms with E-state index in [1.165, 1.54) is 6.07 Å². The van der Waals surface area contributed by atoms with Gasteiger partial charge in [0.25, 0.3) is 0 Å². The lowest BCUT2D eigenvalue weighted by atomic mass is 9.77. The predicted molar refractivity (Wildman–Crippen MR) is 79.7 cm³/mol. The fourth-order valence-electron chi connectivity index (χ4n) is 2.62. The zero-order valence-electron chi connectivity index (χ0n) is 11.4. The summed E-state index contributed by atoms with van der Waals surface area (Å²) < 4.78 is 0. The first-order valence-electron chi connectivity index (χ1n) is 6.64. The number of amides is 1. The Bertz CT molecular complexity index is 808. The highest BCUT2D eigenvalue weighted by Gasteiger charge is 2.39. The second-order valence-corrected chi connectivity index (χ2v) is 4.86. The smallest absolute Gasteiger partial charge is 0.431 e. The van der Waals surface area contributed by atoms with Gasteiger partial charge in [-0.15, -0.1) is 0 Å². The number of hydrogen-bond acceptors (Lipinski definition) is 3. The molecule has 22 heavy (non-hydrogen) atoms. The first kappa shape index (κ1) is 13.9. The van der Waals surface area contributed by atoms with Gasteiger partial charge in [-0.2, -0.15) is 4.99 Å². The molecular weight excluding hydrogens is 282 g/mol. The van der Waals surface area contributed by atoms with Gasteiger partial charge in [-0.3, -0.25) is 9.59 Å². The van der Waals surface area contributed by atoms with E-state index in [2.05, 4.69) is 4.99 Å². The lowest BCUT2D eigenvalue weighted by Gasteiger charge is -2.24. The molecule has 5 nitrogen and oxygen atoms in total. The number of carboxylic acid groups (broad SMARTS) is 1. The maximum absolute atomic E-state index is 12.7. The molecule has 1 amide bonds. The summed E-state index contributed by atoms with van der Waals surface area (Å²) in [7, 11) is 0. The Morgan fingerprint density at radius 2 is 1.50 bits per heavy atom. The van der Waals surface area contributed by atoms with Gasteiger partial charge in [0.2, 0.25) is 5.78 Å². The topological polar surface area (TPSA) is 83.8 Å². The maximum atomic E-state index is 12.7. The van der Waals surface area contributed by atoms with Crippen molar-refractivity contribution in [1.29, 1.82) is 0 Å². The molecule has 5 heteroatoms. The Morgan fingerprint density at radius 1 is 0.909 bits per heavy atom. The molecule has 1 atom stereocenters. The third kappa shape index (κ3) is 2.22. The van der Waals surface area contributed by atoms with Crippen molar-refractivity contribution in [2.24, 2.45) is 4.99 Å². The Kier molecular flexibility index (Phi) is 3.39. The number of carbonyl (C=O) groups excluding carboxylic acids is 2. The van der Waals surface area contributed by atoms with Gasteiger partial charge in [-0.05, 0) is 5.56 Å². The molecule has 0 heterocycles. The lowest BCUT2D eigenvalue weighted by Crippen LogP contribution is -2.36. The number of aliphatic imine (C=N–C) groups is 1. The molecule has 2 aromatic carbocycles. The van der Waals surface area contributed by atoms with Crippen LogP contribution < -0.4 is 0 Å². The van der Waals surface area contributed by atoms with Crippen LogP contribution in [0.15, 0.2) is 59.6 Å². The summed E-state index contributed by atoms with van der Waals surface area (Å²) in [4.78, 5) is 39.6. The average molecular weight is 293 g/mol. The van der Waals surface area contributed by atoms with Gasteiger partial charge < -0.3 is 5.11 Å². The second kappa shape index (κ2) is 5.37. The molecule has 1 aliphatic carbocycles. The Morgan fingerprint density at radius 3 is 2.14 bits per heavy atom. The van der Waals surface area contributed by atoms with Crippen LogP contribution in [0.3, 0.4) is 0 Å². The standard InChI is InChI=1S/C17H11NO4/c19-15-11-8-4-5-9-12(11)16(20)14(18-17(21)22)13(15)10-6-2-1-3-7-10/h1-9,13H,(H,21,22). The summed E-state index contributed by atoms with van der Waals surface area (Å²) in [6.45, 7) is 0. The van der Waals surface area contributed by atoms with E-state index in [-0.39, 0.29) is 17.1 Å². The minimum atomic E-state index is -1.49. The van der Waals surface area contributed by atoms with Gasteiger partial charge in [0.05, 0.1) is 5.92 Å². The Hall–Kier alpha value is -3.08. The molecule has 0 saturated carbocycles. The number of carbonyl (C=O) groups is 3. The van der Waals surface area contributed by atoms with Crippen LogP contribution in [-0.2, 0) is 0 Å². The molecule has 0 saturated heterocycles. The van der Waals surface area contributed by atoms with Crippen molar-refractivity contribution in [1.82, 2.24) is 0 Å². The number of benzene rings is 2. The Labute approximate surface area is 125 Å². The molecule has 0 fully saturated rings. The van der Waals surface area contributed by atoms with E-state index >= 15 is 0 Å². The van der Waals surface area contributed by atoms with Crippen molar-refractivity contribution in [3.05, 3.63) is 71.3 Å². The first-order valence-corrected chi connectivity index (χ1v) is 6.64. The summed E-state index contributed by atoms with van der Waals surface area (Å²) in [5, 5.41) is 8.93. The van der Waals surface area contributed by atoms with Crippen molar-refractivity contribution < 1.29 is 19.5 Å². The average Bonchev–Trinajstić information content (AvgIpc) is 2.53. The van der Waals surface area contributed by atoms with Crippen LogP contribution in [0.25, 0.3) is 0 Å². The summed E-state index contributed by atoms with van der Waals surface area (Å²) >= 11 is 0. The number of Topliss-reactive ketones (excluding diaryl/α,β-unsaturated/α-hetero) is 2. The van der Waals surface area contributed by atoms with E-state index in [4.69, 9.17) is 5.11 Å². The zero-order chi connectivity index (χ0) is 15.7. The molecule has 0 radical (unpaired) electrons. The zero-order valence-corrected chi connectivity index (χ0v) is 11.4. The number of hydrogen-bond donors (Lipinski definition) is 1. The van der Waals surface area contributed by atoms with Crippen molar-refractivity contribution >= 4 is 23.4 Å². The molecular formula is C17H11NO4. The molecule has 108 valence electrons. The molecule has 1 unspecified atom stereocenters. The fourth-order valence-corrected chi connectivity index (χ4v) is 2.62. The normalized spacial score (nSPS) is 19.1. The molecule has 1 aliphatic rings. The third-order valence-electron chi connectivity index (χ3n) is 3.55. The summed E-state index contributed by atoms with van der Waals surface area (Å²) in [5.74, 6) is -1.83. The van der Waals surface area contributed by atoms with Crippen LogP contribution in [-0.4, -0.2) is 28.5 Å². The summed E-state index contributed by atoms with van der Waals surface area (Å²) in [5.41, 5.74) is 0.795. The number of rotatable bonds is 1. The van der Waals surface area contributed by atoms with Crippen LogP contribution in [0.2, 0.25) is 0 Å². The van der Waals surface area contributed by atoms with Crippen molar-refractivity contribution in [3.8, 4) is 0 Å². The van der Waals surface area contributed by atoms with Gasteiger partial charge >= 0.3 is 6.09 Å². The predicted octanol–water partition coefficient (Wildman–Crippen LogP) is 2.97. The molecule has 3 rings (SSSR count). The minimum Gasteiger partial charge on any atom is -0.463 e. The third-order valence-corrected chi connectivity index (χ3v) is 3.55. The molecule has 0 aliphatic heterocycles. The second-order valence-electron chi connectivity index (χ2n) is 4.86. The van der Waals surface area contributed by atoms with E-state index in [1.54, 1.807) is 48.5 Å². The van der Waals surface area contributed by atoms with Crippen LogP contribution in [0, 0.1) is 0 Å². The molecule has 0 bridgehead atoms.